The van der Waals surface area contributed by atoms with E-state index in [0.717, 1.165) is 6.21 Å². The quantitative estimate of drug-likeness (QED) is 0.0929. The molecule has 1 aromatic rings. The van der Waals surface area contributed by atoms with E-state index in [4.69, 9.17) is 40.1 Å². The van der Waals surface area contributed by atoms with Crippen molar-refractivity contribution in [2.45, 2.75) is 73.1 Å². The van der Waals surface area contributed by atoms with Crippen molar-refractivity contribution >= 4 is 59.1 Å². The van der Waals surface area contributed by atoms with Gasteiger partial charge in [0.2, 0.25) is 11.8 Å². The van der Waals surface area contributed by atoms with E-state index < -0.39 is 69.8 Å². The second-order valence-corrected chi connectivity index (χ2v) is 10.1. The van der Waals surface area contributed by atoms with Crippen LogP contribution in [0.4, 0.5) is 0 Å². The summed E-state index contributed by atoms with van der Waals surface area (Å²) < 4.78 is 0. The molecule has 0 aliphatic carbocycles. The van der Waals surface area contributed by atoms with Crippen molar-refractivity contribution < 1.29 is 29.1 Å². The first-order valence-electron chi connectivity index (χ1n) is 12.1. The molecule has 0 radical (unpaired) electrons. The molecule has 1 saturated heterocycles. The van der Waals surface area contributed by atoms with Gasteiger partial charge in [-0.15, -0.1) is 23.2 Å². The lowest BCUT2D eigenvalue weighted by Gasteiger charge is -2.43. The fourth-order valence-corrected chi connectivity index (χ4v) is 4.79. The maximum atomic E-state index is 13.8. The molecule has 1 aliphatic rings. The number of alkyl halides is 2. The molecular formula is C25H33Cl2N5O6. The van der Waals surface area contributed by atoms with E-state index in [2.05, 4.69) is 5.32 Å². The van der Waals surface area contributed by atoms with Gasteiger partial charge in [-0.2, -0.15) is 0 Å². The highest BCUT2D eigenvalue weighted by Gasteiger charge is 2.60. The second-order valence-electron chi connectivity index (χ2n) is 9.06. The van der Waals surface area contributed by atoms with Crippen molar-refractivity contribution in [2.75, 3.05) is 6.54 Å². The van der Waals surface area contributed by atoms with E-state index in [9.17, 15) is 29.1 Å². The maximum Gasteiger partial charge on any atom is 0.249 e. The van der Waals surface area contributed by atoms with Crippen LogP contribution >= 0.6 is 23.2 Å². The first kappa shape index (κ1) is 31.7. The summed E-state index contributed by atoms with van der Waals surface area (Å²) in [5, 5.41) is 20.2. The topological polar surface area (TPSA) is 197 Å². The van der Waals surface area contributed by atoms with Gasteiger partial charge in [0, 0.05) is 12.8 Å². The smallest absolute Gasteiger partial charge is 0.249 e. The van der Waals surface area contributed by atoms with Crippen LogP contribution in [-0.2, 0) is 24.0 Å². The molecule has 208 valence electrons. The summed E-state index contributed by atoms with van der Waals surface area (Å²) in [5.41, 5.74) is 9.09. The SMILES string of the molecule is CCC(N)C(=O)N(C(=O)C1NCC(Cl)C1Cl)C(C=O)(C(=O)C(N)CC)C(O)C(=O)C(C=N)c1ccccc1. The summed E-state index contributed by atoms with van der Waals surface area (Å²) in [4.78, 5) is 67.9. The van der Waals surface area contributed by atoms with E-state index in [0.29, 0.717) is 0 Å². The maximum absolute atomic E-state index is 13.8. The highest BCUT2D eigenvalue weighted by Crippen LogP contribution is 2.31. The first-order valence-corrected chi connectivity index (χ1v) is 13.0. The Morgan fingerprint density at radius 2 is 1.74 bits per heavy atom. The van der Waals surface area contributed by atoms with Gasteiger partial charge >= 0.3 is 0 Å². The molecule has 7 N–H and O–H groups in total. The number of ketones is 2. The van der Waals surface area contributed by atoms with Gasteiger partial charge in [-0.05, 0) is 18.4 Å². The minimum absolute atomic E-state index is 0.0106. The molecule has 0 bridgehead atoms. The van der Waals surface area contributed by atoms with Crippen molar-refractivity contribution in [3.05, 3.63) is 35.9 Å². The molecule has 1 fully saturated rings. The Bertz CT molecular complexity index is 1060. The highest BCUT2D eigenvalue weighted by molar-refractivity contribution is 6.32. The number of imide groups is 1. The average Bonchev–Trinajstić information content (AvgIpc) is 3.27. The number of carbonyl (C=O) groups is 5. The number of benzene rings is 1. The normalized spacial score (nSPS) is 23.8. The number of amides is 2. The molecule has 1 aliphatic heterocycles. The summed E-state index contributed by atoms with van der Waals surface area (Å²) in [7, 11) is 0. The molecule has 0 spiro atoms. The molecule has 13 heteroatoms. The standard InChI is InChI=1S/C25H33Cl2N5O6/c1-3-16(29)21(35)25(12-33,22(36)20(34)14(10-28)13-8-6-5-7-9-13)32(23(37)17(30)4-2)24(38)19-18(27)15(26)11-31-19/h5-10,12,14-19,22,28,31,36H,3-4,11,29-30H2,1-2H3. The van der Waals surface area contributed by atoms with Crippen LogP contribution in [0.15, 0.2) is 30.3 Å². The van der Waals surface area contributed by atoms with Gasteiger partial charge in [0.05, 0.1) is 28.8 Å². The Hall–Kier alpha value is -2.54. The van der Waals surface area contributed by atoms with Gasteiger partial charge in [0.1, 0.15) is 6.04 Å². The zero-order chi connectivity index (χ0) is 28.8. The predicted molar refractivity (Wildman–Crippen MR) is 142 cm³/mol. The lowest BCUT2D eigenvalue weighted by Crippen LogP contribution is -2.74. The molecule has 1 heterocycles. The summed E-state index contributed by atoms with van der Waals surface area (Å²) >= 11 is 12.4. The van der Waals surface area contributed by atoms with Crippen LogP contribution in [0.5, 0.6) is 0 Å². The first-order chi connectivity index (χ1) is 17.9. The third-order valence-corrected chi connectivity index (χ3v) is 7.81. The number of hydrogen-bond acceptors (Lipinski definition) is 10. The Kier molecular flexibility index (Phi) is 11.3. The number of hydrogen-bond donors (Lipinski definition) is 5. The van der Waals surface area contributed by atoms with Crippen molar-refractivity contribution in [3.63, 3.8) is 0 Å². The van der Waals surface area contributed by atoms with E-state index in [1.54, 1.807) is 18.2 Å². The van der Waals surface area contributed by atoms with Gasteiger partial charge in [-0.25, -0.2) is 0 Å². The molecule has 2 amide bonds. The Morgan fingerprint density at radius 3 is 2.18 bits per heavy atom. The number of aliphatic hydroxyl groups excluding tert-OH is 1. The van der Waals surface area contributed by atoms with Crippen LogP contribution in [-0.4, -0.2) is 93.0 Å². The Balaban J connectivity index is 2.80. The number of halogens is 2. The van der Waals surface area contributed by atoms with E-state index in [1.165, 1.54) is 26.0 Å². The van der Waals surface area contributed by atoms with Gasteiger partial charge < -0.3 is 32.1 Å². The average molecular weight is 570 g/mol. The number of nitrogens with one attached hydrogen (secondary N) is 2. The van der Waals surface area contributed by atoms with Crippen molar-refractivity contribution in [1.82, 2.24) is 10.2 Å². The molecule has 0 aromatic heterocycles. The molecule has 8 unspecified atom stereocenters. The van der Waals surface area contributed by atoms with Crippen molar-refractivity contribution in [2.24, 2.45) is 11.5 Å². The predicted octanol–water partition coefficient (Wildman–Crippen LogP) is -0.127. The molecule has 8 atom stereocenters. The van der Waals surface area contributed by atoms with Crippen molar-refractivity contribution in [1.29, 1.82) is 5.41 Å². The summed E-state index contributed by atoms with van der Waals surface area (Å²) in [6.07, 6.45) is -2.06. The zero-order valence-electron chi connectivity index (χ0n) is 21.1. The third kappa shape index (κ3) is 5.88. The fourth-order valence-electron chi connectivity index (χ4n) is 4.26. The number of aliphatic hydroxyl groups is 1. The van der Waals surface area contributed by atoms with E-state index in [-0.39, 0.29) is 36.1 Å². The molecule has 11 nitrogen and oxygen atoms in total. The molecule has 0 saturated carbocycles. The lowest BCUT2D eigenvalue weighted by molar-refractivity contribution is -0.171. The van der Waals surface area contributed by atoms with E-state index >= 15 is 0 Å². The van der Waals surface area contributed by atoms with Crippen LogP contribution < -0.4 is 16.8 Å². The monoisotopic (exact) mass is 569 g/mol. The van der Waals surface area contributed by atoms with Crippen LogP contribution in [0.25, 0.3) is 0 Å². The molecule has 2 rings (SSSR count). The van der Waals surface area contributed by atoms with Gasteiger partial charge in [0.25, 0.3) is 0 Å². The minimum atomic E-state index is -3.09. The summed E-state index contributed by atoms with van der Waals surface area (Å²) in [6, 6.07) is 3.65. The summed E-state index contributed by atoms with van der Waals surface area (Å²) in [6.45, 7) is 3.10. The molecular weight excluding hydrogens is 537 g/mol. The van der Waals surface area contributed by atoms with Gasteiger partial charge in [-0.1, -0.05) is 44.2 Å². The number of Topliss-reactive ketones (excluding diaryl/α,β-unsaturated/α-hetero) is 2. The number of nitrogens with zero attached hydrogens (tertiary/aromatic N) is 1. The molecule has 1 aromatic carbocycles. The van der Waals surface area contributed by atoms with Crippen LogP contribution in [0.1, 0.15) is 38.2 Å². The van der Waals surface area contributed by atoms with Crippen LogP contribution in [0.2, 0.25) is 0 Å². The zero-order valence-corrected chi connectivity index (χ0v) is 22.6. The number of aldehydes is 1. The van der Waals surface area contributed by atoms with Crippen molar-refractivity contribution in [3.8, 4) is 0 Å². The van der Waals surface area contributed by atoms with Gasteiger partial charge in [-0.3, -0.25) is 24.1 Å². The summed E-state index contributed by atoms with van der Waals surface area (Å²) in [5.74, 6) is -6.21. The van der Waals surface area contributed by atoms with Crippen LogP contribution in [0.3, 0.4) is 0 Å². The lowest BCUT2D eigenvalue weighted by atomic mass is 9.76. The largest absolute Gasteiger partial charge is 0.382 e. The minimum Gasteiger partial charge on any atom is -0.382 e. The molecule has 38 heavy (non-hydrogen) atoms. The third-order valence-electron chi connectivity index (χ3n) is 6.70. The van der Waals surface area contributed by atoms with E-state index in [1.807, 2.05) is 0 Å². The highest BCUT2D eigenvalue weighted by atomic mass is 35.5. The Labute approximate surface area is 230 Å². The second kappa shape index (κ2) is 13.5. The number of nitrogens with two attached hydrogens (primary N) is 2. The number of rotatable bonds is 13. The fraction of sp³-hybridized carbons (Fsp3) is 0.520. The number of carbonyl (C=O) groups excluding carboxylic acids is 5. The van der Waals surface area contributed by atoms with Gasteiger partial charge in [0.15, 0.2) is 29.5 Å². The van der Waals surface area contributed by atoms with Crippen LogP contribution in [0, 0.1) is 5.41 Å². The Morgan fingerprint density at radius 1 is 1.16 bits per heavy atom.